The Labute approximate surface area is 183 Å². The number of hydrazone groups is 1. The van der Waals surface area contributed by atoms with Crippen LogP contribution in [0.3, 0.4) is 0 Å². The van der Waals surface area contributed by atoms with Crippen molar-refractivity contribution in [2.45, 2.75) is 6.61 Å². The number of rotatable bonds is 7. The van der Waals surface area contributed by atoms with E-state index in [-0.39, 0.29) is 5.91 Å². The van der Waals surface area contributed by atoms with Crippen LogP contribution in [-0.2, 0) is 16.1 Å². The van der Waals surface area contributed by atoms with Gasteiger partial charge in [0.2, 0.25) is 0 Å². The highest BCUT2D eigenvalue weighted by molar-refractivity contribution is 14.1. The Hall–Kier alpha value is -1.68. The zero-order valence-corrected chi connectivity index (χ0v) is 18.1. The minimum Gasteiger partial charge on any atom is -0.488 e. The molecule has 3 rings (SSSR count). The Morgan fingerprint density at radius 2 is 2.07 bits per heavy atom. The number of carbonyl (C=O) groups is 1. The molecule has 1 heterocycles. The molecule has 0 aliphatic carbocycles. The third kappa shape index (κ3) is 6.44. The van der Waals surface area contributed by atoms with E-state index in [1.165, 1.54) is 0 Å². The summed E-state index contributed by atoms with van der Waals surface area (Å²) in [5.74, 6) is 0.640. The molecule has 1 N–H and O–H groups in total. The van der Waals surface area contributed by atoms with E-state index in [4.69, 9.17) is 21.1 Å². The summed E-state index contributed by atoms with van der Waals surface area (Å²) in [6.45, 7) is 3.60. The van der Waals surface area contributed by atoms with E-state index >= 15 is 0 Å². The Bertz CT molecular complexity index is 841. The molecule has 1 saturated heterocycles. The van der Waals surface area contributed by atoms with Crippen molar-refractivity contribution in [2.75, 3.05) is 32.8 Å². The molecule has 1 aliphatic rings. The number of carbonyl (C=O) groups excluding carboxylic acids is 1. The number of morpholine rings is 1. The molecule has 0 atom stereocenters. The molecular formula is C20H21ClIN3O3. The van der Waals surface area contributed by atoms with E-state index in [0.717, 1.165) is 33.5 Å². The molecule has 0 aromatic heterocycles. The van der Waals surface area contributed by atoms with Gasteiger partial charge in [-0.3, -0.25) is 9.69 Å². The first kappa shape index (κ1) is 21.0. The van der Waals surface area contributed by atoms with Gasteiger partial charge in [0, 0.05) is 23.7 Å². The lowest BCUT2D eigenvalue weighted by Gasteiger charge is -2.25. The van der Waals surface area contributed by atoms with Crippen LogP contribution < -0.4 is 10.2 Å². The first-order valence-corrected chi connectivity index (χ1v) is 10.4. The van der Waals surface area contributed by atoms with Crippen LogP contribution in [0.5, 0.6) is 5.75 Å². The van der Waals surface area contributed by atoms with Gasteiger partial charge in [-0.2, -0.15) is 5.10 Å². The van der Waals surface area contributed by atoms with Gasteiger partial charge in [0.05, 0.1) is 29.5 Å². The molecule has 0 spiro atoms. The maximum atomic E-state index is 11.9. The molecule has 2 aromatic rings. The number of hydrogen-bond acceptors (Lipinski definition) is 5. The molecule has 6 nitrogen and oxygen atoms in total. The molecule has 0 radical (unpaired) electrons. The number of amides is 1. The van der Waals surface area contributed by atoms with Gasteiger partial charge in [-0.15, -0.1) is 0 Å². The van der Waals surface area contributed by atoms with Gasteiger partial charge in [-0.1, -0.05) is 29.8 Å². The molecule has 1 aliphatic heterocycles. The fraction of sp³-hybridized carbons (Fsp3) is 0.300. The molecule has 0 saturated carbocycles. The highest BCUT2D eigenvalue weighted by atomic mass is 127. The van der Waals surface area contributed by atoms with Crippen molar-refractivity contribution in [2.24, 2.45) is 5.10 Å². The monoisotopic (exact) mass is 513 g/mol. The van der Waals surface area contributed by atoms with Gasteiger partial charge in [0.15, 0.2) is 0 Å². The fourth-order valence-corrected chi connectivity index (χ4v) is 3.55. The van der Waals surface area contributed by atoms with Crippen molar-refractivity contribution in [3.8, 4) is 5.75 Å². The number of halogens is 2. The first-order valence-electron chi connectivity index (χ1n) is 8.89. The largest absolute Gasteiger partial charge is 0.488 e. The van der Waals surface area contributed by atoms with Crippen molar-refractivity contribution >= 4 is 46.3 Å². The summed E-state index contributed by atoms with van der Waals surface area (Å²) in [6.07, 6.45) is 1.62. The normalized spacial score (nSPS) is 14.9. The molecule has 1 amide bonds. The van der Waals surface area contributed by atoms with Crippen LogP contribution in [0.15, 0.2) is 47.6 Å². The number of ether oxygens (including phenoxy) is 2. The highest BCUT2D eigenvalue weighted by Crippen LogP contribution is 2.24. The van der Waals surface area contributed by atoms with Crippen molar-refractivity contribution < 1.29 is 14.3 Å². The summed E-state index contributed by atoms with van der Waals surface area (Å²) < 4.78 is 12.1. The minimum absolute atomic E-state index is 0.132. The molecule has 148 valence electrons. The Kier molecular flexibility index (Phi) is 8.08. The van der Waals surface area contributed by atoms with Gasteiger partial charge in [-0.25, -0.2) is 5.43 Å². The van der Waals surface area contributed by atoms with Crippen LogP contribution in [0.25, 0.3) is 0 Å². The Morgan fingerprint density at radius 3 is 2.82 bits per heavy atom. The van der Waals surface area contributed by atoms with E-state index in [2.05, 4.69) is 33.1 Å². The van der Waals surface area contributed by atoms with Crippen LogP contribution in [0.4, 0.5) is 0 Å². The van der Waals surface area contributed by atoms with Crippen LogP contribution in [0.1, 0.15) is 11.1 Å². The summed E-state index contributed by atoms with van der Waals surface area (Å²) >= 11 is 8.37. The summed E-state index contributed by atoms with van der Waals surface area (Å²) in [4.78, 5) is 14.0. The molecule has 0 bridgehead atoms. The van der Waals surface area contributed by atoms with Crippen LogP contribution in [-0.4, -0.2) is 49.9 Å². The average Bonchev–Trinajstić information content (AvgIpc) is 2.69. The molecule has 0 unspecified atom stereocenters. The number of nitrogens with one attached hydrogen (secondary N) is 1. The molecule has 1 fully saturated rings. The topological polar surface area (TPSA) is 63.2 Å². The summed E-state index contributed by atoms with van der Waals surface area (Å²) in [5, 5.41) is 4.73. The van der Waals surface area contributed by atoms with Gasteiger partial charge in [0.1, 0.15) is 12.4 Å². The number of hydrogen-bond donors (Lipinski definition) is 1. The summed E-state index contributed by atoms with van der Waals surface area (Å²) in [6, 6.07) is 13.3. The van der Waals surface area contributed by atoms with E-state index < -0.39 is 0 Å². The van der Waals surface area contributed by atoms with Gasteiger partial charge in [0.25, 0.3) is 5.91 Å². The maximum absolute atomic E-state index is 11.9. The summed E-state index contributed by atoms with van der Waals surface area (Å²) in [5.41, 5.74) is 4.38. The van der Waals surface area contributed by atoms with Crippen LogP contribution in [0.2, 0.25) is 5.02 Å². The number of nitrogens with zero attached hydrogens (tertiary/aromatic N) is 2. The zero-order valence-electron chi connectivity index (χ0n) is 15.2. The Balaban J connectivity index is 1.49. The quantitative estimate of drug-likeness (QED) is 0.351. The predicted molar refractivity (Wildman–Crippen MR) is 118 cm³/mol. The second kappa shape index (κ2) is 10.8. The van der Waals surface area contributed by atoms with Crippen molar-refractivity contribution in [3.63, 3.8) is 0 Å². The first-order chi connectivity index (χ1) is 13.6. The smallest absolute Gasteiger partial charge is 0.254 e. The molecule has 2 aromatic carbocycles. The van der Waals surface area contributed by atoms with Crippen molar-refractivity contribution in [1.29, 1.82) is 0 Å². The van der Waals surface area contributed by atoms with E-state index in [9.17, 15) is 4.79 Å². The van der Waals surface area contributed by atoms with Crippen molar-refractivity contribution in [1.82, 2.24) is 10.3 Å². The second-order valence-corrected chi connectivity index (χ2v) is 7.82. The lowest BCUT2D eigenvalue weighted by Crippen LogP contribution is -2.42. The minimum atomic E-state index is -0.132. The lowest BCUT2D eigenvalue weighted by molar-refractivity contribution is -0.123. The lowest BCUT2D eigenvalue weighted by atomic mass is 10.2. The van der Waals surface area contributed by atoms with E-state index in [0.29, 0.717) is 31.4 Å². The average molecular weight is 514 g/mol. The van der Waals surface area contributed by atoms with Crippen molar-refractivity contribution in [3.05, 3.63) is 62.2 Å². The highest BCUT2D eigenvalue weighted by Gasteiger charge is 2.13. The zero-order chi connectivity index (χ0) is 19.8. The van der Waals surface area contributed by atoms with E-state index in [1.807, 2.05) is 47.4 Å². The van der Waals surface area contributed by atoms with Crippen LogP contribution >= 0.6 is 34.2 Å². The molecule has 8 heteroatoms. The SMILES string of the molecule is O=C(CN1CCOCC1)N/N=C/c1ccc(OCc2ccccc2Cl)c(I)c1. The third-order valence-corrected chi connectivity index (χ3v) is 5.38. The number of benzene rings is 2. The third-order valence-electron chi connectivity index (χ3n) is 4.17. The molecular weight excluding hydrogens is 493 g/mol. The summed E-state index contributed by atoms with van der Waals surface area (Å²) in [7, 11) is 0. The van der Waals surface area contributed by atoms with Gasteiger partial charge >= 0.3 is 0 Å². The maximum Gasteiger partial charge on any atom is 0.254 e. The van der Waals surface area contributed by atoms with E-state index in [1.54, 1.807) is 6.21 Å². The van der Waals surface area contributed by atoms with Crippen LogP contribution in [0, 0.1) is 3.57 Å². The standard InChI is InChI=1S/C20H21ClIN3O3/c21-17-4-2-1-3-16(17)14-28-19-6-5-15(11-18(19)22)12-23-24-20(26)13-25-7-9-27-10-8-25/h1-6,11-12H,7-10,13-14H2,(H,24,26)/b23-12+. The molecule has 28 heavy (non-hydrogen) atoms. The van der Waals surface area contributed by atoms with Gasteiger partial charge < -0.3 is 9.47 Å². The predicted octanol–water partition coefficient (Wildman–Crippen LogP) is 3.31. The van der Waals surface area contributed by atoms with Gasteiger partial charge in [-0.05, 0) is 52.4 Å². The fourth-order valence-electron chi connectivity index (χ4n) is 2.66. The second-order valence-electron chi connectivity index (χ2n) is 6.25. The Morgan fingerprint density at radius 1 is 1.29 bits per heavy atom.